The molecule has 5 nitrogen and oxygen atoms in total. The highest BCUT2D eigenvalue weighted by molar-refractivity contribution is 5.98. The maximum Gasteiger partial charge on any atom is 0.251 e. The molecule has 0 fully saturated rings. The molecule has 1 aromatic rings. The Hall–Kier alpha value is -2.43. The summed E-state index contributed by atoms with van der Waals surface area (Å²) in [6.07, 6.45) is 2.23. The van der Waals surface area contributed by atoms with E-state index in [1.165, 1.54) is 12.5 Å². The number of rotatable bonds is 6. The van der Waals surface area contributed by atoms with E-state index in [9.17, 15) is 14.4 Å². The molecule has 1 aliphatic carbocycles. The van der Waals surface area contributed by atoms with Crippen LogP contribution in [0.3, 0.4) is 0 Å². The number of ketones is 1. The van der Waals surface area contributed by atoms with Gasteiger partial charge in [0.2, 0.25) is 5.91 Å². The minimum atomic E-state index is -0.159. The summed E-state index contributed by atoms with van der Waals surface area (Å²) in [6.45, 7) is 4.14. The van der Waals surface area contributed by atoms with Crippen molar-refractivity contribution in [1.29, 1.82) is 0 Å². The largest absolute Gasteiger partial charge is 0.355 e. The van der Waals surface area contributed by atoms with Crippen LogP contribution in [0.15, 0.2) is 35.4 Å². The molecule has 0 atom stereocenters. The lowest BCUT2D eigenvalue weighted by Gasteiger charge is -2.07. The molecule has 0 aliphatic heterocycles. The SMILES string of the molecule is CC(=O)NCCNC(=O)c1ccc(CC2=C(C)C(=O)CC2)cc1. The minimum Gasteiger partial charge on any atom is -0.355 e. The normalized spacial score (nSPS) is 14.1. The van der Waals surface area contributed by atoms with E-state index in [0.29, 0.717) is 25.1 Å². The molecule has 122 valence electrons. The van der Waals surface area contributed by atoms with Crippen molar-refractivity contribution in [2.45, 2.75) is 33.1 Å². The van der Waals surface area contributed by atoms with Crippen LogP contribution in [-0.2, 0) is 16.0 Å². The van der Waals surface area contributed by atoms with Crippen LogP contribution in [0.4, 0.5) is 0 Å². The van der Waals surface area contributed by atoms with E-state index in [2.05, 4.69) is 10.6 Å². The highest BCUT2D eigenvalue weighted by Gasteiger charge is 2.19. The van der Waals surface area contributed by atoms with E-state index < -0.39 is 0 Å². The Labute approximate surface area is 136 Å². The van der Waals surface area contributed by atoms with Crippen LogP contribution < -0.4 is 10.6 Å². The number of allylic oxidation sites excluding steroid dienone is 2. The Morgan fingerprint density at radius 2 is 1.70 bits per heavy atom. The van der Waals surface area contributed by atoms with Gasteiger partial charge in [-0.05, 0) is 43.0 Å². The Balaban J connectivity index is 1.88. The van der Waals surface area contributed by atoms with Gasteiger partial charge in [0.05, 0.1) is 0 Å². The summed E-state index contributed by atoms with van der Waals surface area (Å²) in [5.41, 5.74) is 3.78. The Bertz CT molecular complexity index is 645. The smallest absolute Gasteiger partial charge is 0.251 e. The van der Waals surface area contributed by atoms with E-state index in [1.54, 1.807) is 12.1 Å². The second-order valence-electron chi connectivity index (χ2n) is 5.76. The van der Waals surface area contributed by atoms with E-state index in [0.717, 1.165) is 24.0 Å². The lowest BCUT2D eigenvalue weighted by atomic mass is 10.0. The van der Waals surface area contributed by atoms with Crippen molar-refractivity contribution in [1.82, 2.24) is 10.6 Å². The topological polar surface area (TPSA) is 75.3 Å². The molecule has 2 N–H and O–H groups in total. The summed E-state index contributed by atoms with van der Waals surface area (Å²) in [5.74, 6) is -0.0258. The molecule has 0 heterocycles. The fourth-order valence-electron chi connectivity index (χ4n) is 2.59. The first kappa shape index (κ1) is 16.9. The first-order chi connectivity index (χ1) is 11.0. The molecule has 0 bridgehead atoms. The van der Waals surface area contributed by atoms with Gasteiger partial charge in [0.15, 0.2) is 5.78 Å². The number of carbonyl (C=O) groups excluding carboxylic acids is 3. The molecule has 0 saturated heterocycles. The zero-order chi connectivity index (χ0) is 16.8. The third-order valence-electron chi connectivity index (χ3n) is 4.02. The van der Waals surface area contributed by atoms with E-state index in [1.807, 2.05) is 19.1 Å². The van der Waals surface area contributed by atoms with Crippen LogP contribution in [-0.4, -0.2) is 30.7 Å². The van der Waals surface area contributed by atoms with E-state index >= 15 is 0 Å². The molecule has 2 amide bonds. The number of amides is 2. The summed E-state index contributed by atoms with van der Waals surface area (Å²) in [6, 6.07) is 7.42. The number of Topliss-reactive ketones (excluding diaryl/α,β-unsaturated/α-hetero) is 1. The van der Waals surface area contributed by atoms with Gasteiger partial charge in [0.1, 0.15) is 0 Å². The fourth-order valence-corrected chi connectivity index (χ4v) is 2.59. The van der Waals surface area contributed by atoms with Crippen LogP contribution in [0.5, 0.6) is 0 Å². The van der Waals surface area contributed by atoms with Gasteiger partial charge < -0.3 is 10.6 Å². The highest BCUT2D eigenvalue weighted by atomic mass is 16.2. The van der Waals surface area contributed by atoms with Gasteiger partial charge in [-0.25, -0.2) is 0 Å². The quantitative estimate of drug-likeness (QED) is 0.786. The van der Waals surface area contributed by atoms with Gasteiger partial charge in [0.25, 0.3) is 5.91 Å². The molecular formula is C18H22N2O3. The number of nitrogens with one attached hydrogen (secondary N) is 2. The van der Waals surface area contributed by atoms with Crippen molar-refractivity contribution in [3.8, 4) is 0 Å². The molecular weight excluding hydrogens is 292 g/mol. The molecule has 0 aromatic heterocycles. The Kier molecular flexibility index (Phi) is 5.68. The van der Waals surface area contributed by atoms with Crippen molar-refractivity contribution in [2.24, 2.45) is 0 Å². The maximum atomic E-state index is 12.0. The average Bonchev–Trinajstić information content (AvgIpc) is 2.84. The zero-order valence-electron chi connectivity index (χ0n) is 13.6. The molecule has 0 radical (unpaired) electrons. The van der Waals surface area contributed by atoms with Gasteiger partial charge in [0, 0.05) is 32.0 Å². The van der Waals surface area contributed by atoms with E-state index in [4.69, 9.17) is 0 Å². The van der Waals surface area contributed by atoms with Gasteiger partial charge >= 0.3 is 0 Å². The predicted molar refractivity (Wildman–Crippen MR) is 88.1 cm³/mol. The van der Waals surface area contributed by atoms with Crippen LogP contribution >= 0.6 is 0 Å². The standard InChI is InChI=1S/C18H22N2O3/c1-12-16(7-8-17(12)22)11-14-3-5-15(6-4-14)18(23)20-10-9-19-13(2)21/h3-6H,7-11H2,1-2H3,(H,19,21)(H,20,23). The second-order valence-corrected chi connectivity index (χ2v) is 5.76. The van der Waals surface area contributed by atoms with Crippen molar-refractivity contribution in [3.05, 3.63) is 46.5 Å². The highest BCUT2D eigenvalue weighted by Crippen LogP contribution is 2.25. The zero-order valence-corrected chi connectivity index (χ0v) is 13.6. The average molecular weight is 314 g/mol. The molecule has 0 unspecified atom stereocenters. The van der Waals surface area contributed by atoms with Crippen molar-refractivity contribution >= 4 is 17.6 Å². The van der Waals surface area contributed by atoms with Crippen molar-refractivity contribution in [3.63, 3.8) is 0 Å². The Morgan fingerprint density at radius 1 is 1.04 bits per heavy atom. The minimum absolute atomic E-state index is 0.112. The summed E-state index contributed by atoms with van der Waals surface area (Å²) in [4.78, 5) is 34.2. The summed E-state index contributed by atoms with van der Waals surface area (Å²) in [5, 5.41) is 5.38. The van der Waals surface area contributed by atoms with E-state index in [-0.39, 0.29) is 17.6 Å². The van der Waals surface area contributed by atoms with Crippen LogP contribution in [0.1, 0.15) is 42.6 Å². The summed E-state index contributed by atoms with van der Waals surface area (Å²) in [7, 11) is 0. The summed E-state index contributed by atoms with van der Waals surface area (Å²) >= 11 is 0. The lowest BCUT2D eigenvalue weighted by Crippen LogP contribution is -2.33. The van der Waals surface area contributed by atoms with Gasteiger partial charge in [-0.3, -0.25) is 14.4 Å². The van der Waals surface area contributed by atoms with Crippen molar-refractivity contribution < 1.29 is 14.4 Å². The van der Waals surface area contributed by atoms with Gasteiger partial charge in [-0.15, -0.1) is 0 Å². The number of hydrogen-bond donors (Lipinski definition) is 2. The summed E-state index contributed by atoms with van der Waals surface area (Å²) < 4.78 is 0. The van der Waals surface area contributed by atoms with Gasteiger partial charge in [-0.2, -0.15) is 0 Å². The lowest BCUT2D eigenvalue weighted by molar-refractivity contribution is -0.119. The third kappa shape index (κ3) is 4.77. The van der Waals surface area contributed by atoms with Gasteiger partial charge in [-0.1, -0.05) is 17.7 Å². The first-order valence-corrected chi connectivity index (χ1v) is 7.81. The van der Waals surface area contributed by atoms with Crippen LogP contribution in [0.25, 0.3) is 0 Å². The Morgan fingerprint density at radius 3 is 2.26 bits per heavy atom. The van der Waals surface area contributed by atoms with Crippen LogP contribution in [0, 0.1) is 0 Å². The fraction of sp³-hybridized carbons (Fsp3) is 0.389. The third-order valence-corrected chi connectivity index (χ3v) is 4.02. The molecule has 0 saturated carbocycles. The molecule has 2 rings (SSSR count). The number of hydrogen-bond acceptors (Lipinski definition) is 3. The molecule has 5 heteroatoms. The predicted octanol–water partition coefficient (Wildman–Crippen LogP) is 1.77. The monoisotopic (exact) mass is 314 g/mol. The maximum absolute atomic E-state index is 12.0. The van der Waals surface area contributed by atoms with Crippen molar-refractivity contribution in [2.75, 3.05) is 13.1 Å². The molecule has 1 aliphatic rings. The second kappa shape index (κ2) is 7.72. The molecule has 0 spiro atoms. The molecule has 1 aromatic carbocycles. The first-order valence-electron chi connectivity index (χ1n) is 7.81. The van der Waals surface area contributed by atoms with Crippen LogP contribution in [0.2, 0.25) is 0 Å². The molecule has 23 heavy (non-hydrogen) atoms. The number of carbonyl (C=O) groups is 3. The number of benzene rings is 1.